The molecule has 6 heteroatoms. The lowest BCUT2D eigenvalue weighted by molar-refractivity contribution is 0.0702. The Hall–Kier alpha value is -1.23. The van der Waals surface area contributed by atoms with Crippen molar-refractivity contribution in [1.29, 1.82) is 0 Å². The Morgan fingerprint density at radius 1 is 1.29 bits per heavy atom. The summed E-state index contributed by atoms with van der Waals surface area (Å²) in [5, 5.41) is 12.1. The molecule has 1 unspecified atom stereocenters. The van der Waals surface area contributed by atoms with Crippen molar-refractivity contribution in [2.75, 3.05) is 18.0 Å². The number of carbonyl (C=O) groups is 1. The molecule has 0 amide bonds. The van der Waals surface area contributed by atoms with Gasteiger partial charge in [0.25, 0.3) is 0 Å². The molecule has 0 aliphatic carbocycles. The van der Waals surface area contributed by atoms with Crippen LogP contribution in [0.5, 0.6) is 0 Å². The van der Waals surface area contributed by atoms with Crippen LogP contribution in [-0.2, 0) is 0 Å². The molecule has 1 N–H and O–H groups in total. The third kappa shape index (κ3) is 3.03. The molecule has 1 atom stereocenters. The quantitative estimate of drug-likeness (QED) is 0.875. The number of halogens is 2. The van der Waals surface area contributed by atoms with Crippen LogP contribution in [-0.4, -0.2) is 24.2 Å². The second kappa shape index (κ2) is 5.87. The van der Waals surface area contributed by atoms with Gasteiger partial charge < -0.3 is 10.0 Å². The number of carboxylic acids is 1. The number of aromatic carboxylic acids is 1. The van der Waals surface area contributed by atoms with Crippen LogP contribution in [0.2, 0.25) is 10.0 Å². The smallest absolute Gasteiger partial charge is 0.345 e. The van der Waals surface area contributed by atoms with E-state index in [0.717, 1.165) is 30.8 Å². The van der Waals surface area contributed by atoms with Crippen LogP contribution in [0.3, 0.4) is 0 Å². The zero-order chi connectivity index (χ0) is 15.0. The fourth-order valence-electron chi connectivity index (χ4n) is 2.63. The minimum absolute atomic E-state index is 0.365. The van der Waals surface area contributed by atoms with Crippen LogP contribution >= 0.6 is 34.5 Å². The summed E-state index contributed by atoms with van der Waals surface area (Å²) in [6.45, 7) is 1.80. The molecule has 1 fully saturated rings. The minimum Gasteiger partial charge on any atom is -0.477 e. The first-order chi connectivity index (χ1) is 10.0. The molecule has 0 bridgehead atoms. The van der Waals surface area contributed by atoms with Crippen molar-refractivity contribution in [2.45, 2.75) is 12.3 Å². The van der Waals surface area contributed by atoms with Gasteiger partial charge in [-0.2, -0.15) is 0 Å². The van der Waals surface area contributed by atoms with E-state index in [-0.39, 0.29) is 0 Å². The predicted octanol–water partition coefficient (Wildman–Crippen LogP) is 4.75. The van der Waals surface area contributed by atoms with Crippen LogP contribution in [0.4, 0.5) is 5.69 Å². The standard InChI is InChI=1S/C15H13Cl2NO2S/c16-12-2-1-11(6-13(12)17)18-4-3-9(7-18)10-5-14(15(19)20)21-8-10/h1-2,5-6,8-9H,3-4,7H2,(H,19,20). The first kappa shape index (κ1) is 14.7. The molecule has 110 valence electrons. The van der Waals surface area contributed by atoms with Crippen LogP contribution < -0.4 is 4.90 Å². The zero-order valence-electron chi connectivity index (χ0n) is 11.1. The largest absolute Gasteiger partial charge is 0.477 e. The van der Waals surface area contributed by atoms with E-state index < -0.39 is 5.97 Å². The zero-order valence-corrected chi connectivity index (χ0v) is 13.4. The van der Waals surface area contributed by atoms with Crippen molar-refractivity contribution in [3.8, 4) is 0 Å². The molecular weight excluding hydrogens is 329 g/mol. The van der Waals surface area contributed by atoms with Gasteiger partial charge in [-0.05, 0) is 41.6 Å². The van der Waals surface area contributed by atoms with Crippen molar-refractivity contribution < 1.29 is 9.90 Å². The van der Waals surface area contributed by atoms with Crippen molar-refractivity contribution in [3.63, 3.8) is 0 Å². The molecular formula is C15H13Cl2NO2S. The summed E-state index contributed by atoms with van der Waals surface area (Å²) >= 11 is 13.3. The van der Waals surface area contributed by atoms with Gasteiger partial charge in [-0.1, -0.05) is 23.2 Å². The number of nitrogens with zero attached hydrogens (tertiary/aromatic N) is 1. The molecule has 1 aromatic carbocycles. The van der Waals surface area contributed by atoms with E-state index in [1.807, 2.05) is 17.5 Å². The van der Waals surface area contributed by atoms with Gasteiger partial charge in [0.2, 0.25) is 0 Å². The summed E-state index contributed by atoms with van der Waals surface area (Å²) < 4.78 is 0. The first-order valence-electron chi connectivity index (χ1n) is 6.56. The fraction of sp³-hybridized carbons (Fsp3) is 0.267. The highest BCUT2D eigenvalue weighted by Gasteiger charge is 2.25. The van der Waals surface area contributed by atoms with Gasteiger partial charge in [0.1, 0.15) is 4.88 Å². The number of carboxylic acid groups (broad SMARTS) is 1. The van der Waals surface area contributed by atoms with Crippen LogP contribution in [0.25, 0.3) is 0 Å². The molecule has 3 rings (SSSR count). The molecule has 1 aromatic heterocycles. The normalized spacial score (nSPS) is 18.2. The Balaban J connectivity index is 1.75. The lowest BCUT2D eigenvalue weighted by atomic mass is 10.0. The molecule has 0 radical (unpaired) electrons. The van der Waals surface area contributed by atoms with E-state index in [0.29, 0.717) is 20.8 Å². The summed E-state index contributed by atoms with van der Waals surface area (Å²) in [7, 11) is 0. The van der Waals surface area contributed by atoms with Crippen molar-refractivity contribution in [1.82, 2.24) is 0 Å². The number of anilines is 1. The highest BCUT2D eigenvalue weighted by atomic mass is 35.5. The maximum absolute atomic E-state index is 11.0. The van der Waals surface area contributed by atoms with Crippen molar-refractivity contribution in [3.05, 3.63) is 50.1 Å². The molecule has 1 aliphatic heterocycles. The fourth-order valence-corrected chi connectivity index (χ4v) is 3.75. The van der Waals surface area contributed by atoms with Gasteiger partial charge in [-0.3, -0.25) is 0 Å². The maximum Gasteiger partial charge on any atom is 0.345 e. The first-order valence-corrected chi connectivity index (χ1v) is 8.20. The Morgan fingerprint density at radius 2 is 2.10 bits per heavy atom. The van der Waals surface area contributed by atoms with Crippen LogP contribution in [0, 0.1) is 0 Å². The number of hydrogen-bond acceptors (Lipinski definition) is 3. The average Bonchev–Trinajstić information content (AvgIpc) is 3.09. The van der Waals surface area contributed by atoms with Gasteiger partial charge in [0.15, 0.2) is 0 Å². The highest BCUT2D eigenvalue weighted by Crippen LogP contribution is 2.35. The SMILES string of the molecule is O=C(O)c1cc(C2CCN(c3ccc(Cl)c(Cl)c3)C2)cs1. The van der Waals surface area contributed by atoms with E-state index in [2.05, 4.69) is 4.90 Å². The van der Waals surface area contributed by atoms with Gasteiger partial charge in [-0.15, -0.1) is 11.3 Å². The summed E-state index contributed by atoms with van der Waals surface area (Å²) in [4.78, 5) is 13.6. The number of hydrogen-bond donors (Lipinski definition) is 1. The molecule has 0 saturated carbocycles. The number of rotatable bonds is 3. The molecule has 0 spiro atoms. The van der Waals surface area contributed by atoms with E-state index in [1.165, 1.54) is 11.3 Å². The van der Waals surface area contributed by atoms with E-state index >= 15 is 0 Å². The number of benzene rings is 1. The molecule has 1 saturated heterocycles. The predicted molar refractivity (Wildman–Crippen MR) is 87.3 cm³/mol. The Kier molecular flexibility index (Phi) is 4.11. The second-order valence-electron chi connectivity index (χ2n) is 5.08. The van der Waals surface area contributed by atoms with Crippen LogP contribution in [0.15, 0.2) is 29.6 Å². The molecule has 2 aromatic rings. The van der Waals surface area contributed by atoms with E-state index in [9.17, 15) is 4.79 Å². The summed E-state index contributed by atoms with van der Waals surface area (Å²) in [5.74, 6) is -0.491. The van der Waals surface area contributed by atoms with E-state index in [4.69, 9.17) is 28.3 Å². The Labute approximate surface area is 136 Å². The Morgan fingerprint density at radius 3 is 2.76 bits per heavy atom. The third-order valence-electron chi connectivity index (χ3n) is 3.76. The van der Waals surface area contributed by atoms with Crippen molar-refractivity contribution >= 4 is 46.2 Å². The third-order valence-corrected chi connectivity index (χ3v) is 5.43. The average molecular weight is 342 g/mol. The lowest BCUT2D eigenvalue weighted by Crippen LogP contribution is -2.18. The monoisotopic (exact) mass is 341 g/mol. The molecule has 3 nitrogen and oxygen atoms in total. The van der Waals surface area contributed by atoms with Gasteiger partial charge in [0.05, 0.1) is 10.0 Å². The highest BCUT2D eigenvalue weighted by molar-refractivity contribution is 7.12. The summed E-state index contributed by atoms with van der Waals surface area (Å²) in [6, 6.07) is 7.44. The second-order valence-corrected chi connectivity index (χ2v) is 6.81. The Bertz CT molecular complexity index is 686. The summed E-state index contributed by atoms with van der Waals surface area (Å²) in [5.41, 5.74) is 2.17. The van der Waals surface area contributed by atoms with Crippen molar-refractivity contribution in [2.24, 2.45) is 0 Å². The molecule has 1 aliphatic rings. The number of thiophene rings is 1. The van der Waals surface area contributed by atoms with Gasteiger partial charge in [-0.25, -0.2) is 4.79 Å². The molecule has 21 heavy (non-hydrogen) atoms. The van der Waals surface area contributed by atoms with Gasteiger partial charge in [0, 0.05) is 24.7 Å². The minimum atomic E-state index is -0.856. The van der Waals surface area contributed by atoms with E-state index in [1.54, 1.807) is 12.1 Å². The summed E-state index contributed by atoms with van der Waals surface area (Å²) in [6.07, 6.45) is 1.01. The lowest BCUT2D eigenvalue weighted by Gasteiger charge is -2.19. The maximum atomic E-state index is 11.0. The van der Waals surface area contributed by atoms with Gasteiger partial charge >= 0.3 is 5.97 Å². The topological polar surface area (TPSA) is 40.5 Å². The molecule has 2 heterocycles. The van der Waals surface area contributed by atoms with Crippen LogP contribution in [0.1, 0.15) is 27.6 Å².